The summed E-state index contributed by atoms with van der Waals surface area (Å²) in [5, 5.41) is 3.77. The first kappa shape index (κ1) is 15.9. The average Bonchev–Trinajstić information content (AvgIpc) is 2.34. The van der Waals surface area contributed by atoms with E-state index in [4.69, 9.17) is 9.47 Å². The molecule has 0 aromatic rings. The first-order chi connectivity index (χ1) is 8.76. The lowest BCUT2D eigenvalue weighted by Crippen LogP contribution is -2.61. The Morgan fingerprint density at radius 2 is 1.94 bits per heavy atom. The van der Waals surface area contributed by atoms with E-state index in [9.17, 15) is 0 Å². The molecule has 0 aliphatic heterocycles. The summed E-state index contributed by atoms with van der Waals surface area (Å²) in [5.41, 5.74) is 0. The molecule has 0 heterocycles. The number of unbranched alkanes of at least 4 members (excludes halogenated alkanes) is 1. The molecule has 0 bridgehead atoms. The molecule has 108 valence electrons. The van der Waals surface area contributed by atoms with Crippen molar-refractivity contribution in [1.82, 2.24) is 5.32 Å². The summed E-state index contributed by atoms with van der Waals surface area (Å²) in [5.74, 6) is 0. The molecular weight excluding hydrogens is 226 g/mol. The van der Waals surface area contributed by atoms with Crippen LogP contribution in [-0.2, 0) is 9.47 Å². The molecule has 0 aromatic heterocycles. The van der Waals surface area contributed by atoms with E-state index in [1.165, 1.54) is 32.1 Å². The van der Waals surface area contributed by atoms with Gasteiger partial charge in [0.15, 0.2) is 0 Å². The van der Waals surface area contributed by atoms with Crippen molar-refractivity contribution in [1.29, 1.82) is 0 Å². The number of nitrogens with one attached hydrogen (secondary N) is 1. The fourth-order valence-electron chi connectivity index (χ4n) is 2.85. The zero-order valence-electron chi connectivity index (χ0n) is 12.6. The highest BCUT2D eigenvalue weighted by Gasteiger charge is 2.42. The summed E-state index contributed by atoms with van der Waals surface area (Å²) in [4.78, 5) is 0. The van der Waals surface area contributed by atoms with Crippen LogP contribution in [0, 0.1) is 0 Å². The van der Waals surface area contributed by atoms with Gasteiger partial charge in [0.05, 0.1) is 12.2 Å². The molecule has 1 rings (SSSR count). The van der Waals surface area contributed by atoms with Crippen LogP contribution < -0.4 is 5.32 Å². The number of rotatable bonds is 10. The predicted molar refractivity (Wildman–Crippen MR) is 76.0 cm³/mol. The number of ether oxygens (including phenoxy) is 2. The predicted octanol–water partition coefficient (Wildman–Crippen LogP) is 3.13. The van der Waals surface area contributed by atoms with Gasteiger partial charge in [0, 0.05) is 25.8 Å². The quantitative estimate of drug-likeness (QED) is 0.652. The molecule has 1 aliphatic carbocycles. The Balaban J connectivity index is 2.34. The van der Waals surface area contributed by atoms with E-state index >= 15 is 0 Å². The molecule has 0 aromatic carbocycles. The van der Waals surface area contributed by atoms with E-state index in [0.717, 1.165) is 13.0 Å². The van der Waals surface area contributed by atoms with Crippen molar-refractivity contribution in [2.45, 2.75) is 83.6 Å². The second kappa shape index (κ2) is 8.89. The van der Waals surface area contributed by atoms with Crippen LogP contribution in [0.1, 0.15) is 59.3 Å². The van der Waals surface area contributed by atoms with Gasteiger partial charge in [-0.25, -0.2) is 0 Å². The van der Waals surface area contributed by atoms with Gasteiger partial charge in [-0.05, 0) is 26.2 Å². The molecule has 1 saturated carbocycles. The van der Waals surface area contributed by atoms with Gasteiger partial charge in [0.1, 0.15) is 0 Å². The Bertz CT molecular complexity index is 211. The Kier molecular flexibility index (Phi) is 7.87. The van der Waals surface area contributed by atoms with Crippen LogP contribution in [0.25, 0.3) is 0 Å². The zero-order valence-corrected chi connectivity index (χ0v) is 12.6. The summed E-state index contributed by atoms with van der Waals surface area (Å²) >= 11 is 0. The molecule has 4 atom stereocenters. The van der Waals surface area contributed by atoms with Crippen molar-refractivity contribution in [3.8, 4) is 0 Å². The minimum atomic E-state index is 0.242. The molecular formula is C15H31NO2. The maximum Gasteiger partial charge on any atom is 0.0986 e. The van der Waals surface area contributed by atoms with Crippen LogP contribution in [-0.4, -0.2) is 38.0 Å². The molecule has 4 unspecified atom stereocenters. The lowest BCUT2D eigenvalue weighted by molar-refractivity contribution is -0.133. The molecule has 3 heteroatoms. The minimum absolute atomic E-state index is 0.242. The highest BCUT2D eigenvalue weighted by atomic mass is 16.5. The van der Waals surface area contributed by atoms with E-state index in [0.29, 0.717) is 18.2 Å². The standard InChI is InChI=1S/C15H31NO2/c1-5-8-10-12(9-6-2)16-13-11-14(18-7-3)15(13)17-4/h12-16H,5-11H2,1-4H3. The van der Waals surface area contributed by atoms with Gasteiger partial charge in [-0.2, -0.15) is 0 Å². The molecule has 3 nitrogen and oxygen atoms in total. The van der Waals surface area contributed by atoms with Crippen LogP contribution >= 0.6 is 0 Å². The van der Waals surface area contributed by atoms with Crippen molar-refractivity contribution in [3.05, 3.63) is 0 Å². The third-order valence-electron chi connectivity index (χ3n) is 3.90. The van der Waals surface area contributed by atoms with Crippen LogP contribution in [0.4, 0.5) is 0 Å². The lowest BCUT2D eigenvalue weighted by Gasteiger charge is -2.45. The van der Waals surface area contributed by atoms with E-state index in [-0.39, 0.29) is 6.10 Å². The number of hydrogen-bond acceptors (Lipinski definition) is 3. The molecule has 0 saturated heterocycles. The molecule has 1 N–H and O–H groups in total. The second-order valence-electron chi connectivity index (χ2n) is 5.33. The Morgan fingerprint density at radius 3 is 2.50 bits per heavy atom. The highest BCUT2D eigenvalue weighted by molar-refractivity contribution is 4.98. The van der Waals surface area contributed by atoms with Gasteiger partial charge >= 0.3 is 0 Å². The van der Waals surface area contributed by atoms with Crippen molar-refractivity contribution < 1.29 is 9.47 Å². The van der Waals surface area contributed by atoms with Crippen LogP contribution in [0.5, 0.6) is 0 Å². The minimum Gasteiger partial charge on any atom is -0.377 e. The number of hydrogen-bond donors (Lipinski definition) is 1. The third kappa shape index (κ3) is 4.52. The first-order valence-electron chi connectivity index (χ1n) is 7.67. The van der Waals surface area contributed by atoms with E-state index in [1.807, 2.05) is 0 Å². The Hall–Kier alpha value is -0.120. The first-order valence-corrected chi connectivity index (χ1v) is 7.67. The Labute approximate surface area is 113 Å². The monoisotopic (exact) mass is 257 g/mol. The fourth-order valence-corrected chi connectivity index (χ4v) is 2.85. The maximum absolute atomic E-state index is 5.67. The Morgan fingerprint density at radius 1 is 1.17 bits per heavy atom. The average molecular weight is 257 g/mol. The summed E-state index contributed by atoms with van der Waals surface area (Å²) in [7, 11) is 1.80. The number of methoxy groups -OCH3 is 1. The highest BCUT2D eigenvalue weighted by Crippen LogP contribution is 2.28. The van der Waals surface area contributed by atoms with Gasteiger partial charge < -0.3 is 14.8 Å². The van der Waals surface area contributed by atoms with E-state index in [1.54, 1.807) is 7.11 Å². The van der Waals surface area contributed by atoms with Crippen LogP contribution in [0.3, 0.4) is 0 Å². The van der Waals surface area contributed by atoms with Gasteiger partial charge in [-0.15, -0.1) is 0 Å². The molecule has 1 aliphatic rings. The van der Waals surface area contributed by atoms with Crippen molar-refractivity contribution in [3.63, 3.8) is 0 Å². The summed E-state index contributed by atoms with van der Waals surface area (Å²) < 4.78 is 11.2. The lowest BCUT2D eigenvalue weighted by atomic mass is 9.84. The SMILES string of the molecule is CCCCC(CCC)NC1CC(OCC)C1OC. The molecule has 0 spiro atoms. The van der Waals surface area contributed by atoms with E-state index in [2.05, 4.69) is 26.1 Å². The topological polar surface area (TPSA) is 30.5 Å². The fraction of sp³-hybridized carbons (Fsp3) is 1.00. The summed E-state index contributed by atoms with van der Waals surface area (Å²) in [6.45, 7) is 7.35. The maximum atomic E-state index is 5.67. The normalized spacial score (nSPS) is 29.0. The van der Waals surface area contributed by atoms with Crippen molar-refractivity contribution >= 4 is 0 Å². The smallest absolute Gasteiger partial charge is 0.0986 e. The summed E-state index contributed by atoms with van der Waals surface area (Å²) in [6, 6.07) is 1.14. The van der Waals surface area contributed by atoms with Crippen LogP contribution in [0.2, 0.25) is 0 Å². The van der Waals surface area contributed by atoms with Crippen molar-refractivity contribution in [2.75, 3.05) is 13.7 Å². The van der Waals surface area contributed by atoms with Gasteiger partial charge in [0.2, 0.25) is 0 Å². The molecule has 18 heavy (non-hydrogen) atoms. The second-order valence-corrected chi connectivity index (χ2v) is 5.33. The van der Waals surface area contributed by atoms with Crippen LogP contribution in [0.15, 0.2) is 0 Å². The largest absolute Gasteiger partial charge is 0.377 e. The van der Waals surface area contributed by atoms with Crippen molar-refractivity contribution in [2.24, 2.45) is 0 Å². The molecule has 0 radical (unpaired) electrons. The third-order valence-corrected chi connectivity index (χ3v) is 3.90. The molecule has 0 amide bonds. The zero-order chi connectivity index (χ0) is 13.4. The van der Waals surface area contributed by atoms with Gasteiger partial charge in [-0.3, -0.25) is 0 Å². The van der Waals surface area contributed by atoms with E-state index < -0.39 is 0 Å². The summed E-state index contributed by atoms with van der Waals surface area (Å²) in [6.07, 6.45) is 8.04. The van der Waals surface area contributed by atoms with Gasteiger partial charge in [-0.1, -0.05) is 33.1 Å². The molecule has 1 fully saturated rings. The van der Waals surface area contributed by atoms with Gasteiger partial charge in [0.25, 0.3) is 0 Å².